The zero-order valence-electron chi connectivity index (χ0n) is 9.81. The highest BCUT2D eigenvalue weighted by Gasteiger charge is 2.09. The summed E-state index contributed by atoms with van der Waals surface area (Å²) in [5.74, 6) is -0.959. The van der Waals surface area contributed by atoms with Crippen molar-refractivity contribution in [3.05, 3.63) is 24.2 Å². The number of rotatable bonds is 7. The van der Waals surface area contributed by atoms with Crippen molar-refractivity contribution in [2.24, 2.45) is 5.92 Å². The lowest BCUT2D eigenvalue weighted by Gasteiger charge is -2.09. The zero-order chi connectivity index (χ0) is 12.7. The normalized spacial score (nSPS) is 12.1. The number of carboxylic acids is 1. The Hall–Kier alpha value is -1.78. The van der Waals surface area contributed by atoms with E-state index < -0.39 is 5.97 Å². The van der Waals surface area contributed by atoms with Crippen LogP contribution >= 0.6 is 0 Å². The van der Waals surface area contributed by atoms with Crippen molar-refractivity contribution in [1.82, 2.24) is 5.32 Å². The van der Waals surface area contributed by atoms with Gasteiger partial charge in [-0.3, -0.25) is 9.59 Å². The van der Waals surface area contributed by atoms with Crippen molar-refractivity contribution in [3.8, 4) is 0 Å². The Kier molecular flexibility index (Phi) is 5.26. The average molecular weight is 239 g/mol. The monoisotopic (exact) mass is 239 g/mol. The summed E-state index contributed by atoms with van der Waals surface area (Å²) in [5, 5.41) is 11.3. The van der Waals surface area contributed by atoms with Crippen LogP contribution < -0.4 is 5.32 Å². The van der Waals surface area contributed by atoms with Crippen molar-refractivity contribution in [3.63, 3.8) is 0 Å². The molecule has 94 valence electrons. The second-order valence-electron chi connectivity index (χ2n) is 4.14. The molecule has 2 N–H and O–H groups in total. The van der Waals surface area contributed by atoms with Crippen LogP contribution in [-0.2, 0) is 16.0 Å². The molecule has 0 aliphatic heterocycles. The third kappa shape index (κ3) is 5.75. The Morgan fingerprint density at radius 1 is 1.53 bits per heavy atom. The smallest absolute Gasteiger partial charge is 0.303 e. The number of aryl methyl sites for hydroxylation is 1. The van der Waals surface area contributed by atoms with Gasteiger partial charge < -0.3 is 14.8 Å². The van der Waals surface area contributed by atoms with Crippen LogP contribution in [0.2, 0.25) is 0 Å². The van der Waals surface area contributed by atoms with Gasteiger partial charge >= 0.3 is 5.97 Å². The molecule has 1 rings (SSSR count). The van der Waals surface area contributed by atoms with E-state index in [-0.39, 0.29) is 18.2 Å². The number of aliphatic carboxylic acids is 1. The Balaban J connectivity index is 2.15. The number of carboxylic acid groups (broad SMARTS) is 1. The molecule has 1 unspecified atom stereocenters. The van der Waals surface area contributed by atoms with E-state index in [1.165, 1.54) is 0 Å². The molecule has 0 spiro atoms. The van der Waals surface area contributed by atoms with Crippen LogP contribution in [0.3, 0.4) is 0 Å². The SMILES string of the molecule is CC(CNC(=O)CCc1ccoc1)CC(=O)O. The lowest BCUT2D eigenvalue weighted by atomic mass is 10.1. The van der Waals surface area contributed by atoms with Gasteiger partial charge in [0.15, 0.2) is 0 Å². The predicted octanol–water partition coefficient (Wildman–Crippen LogP) is 1.44. The second kappa shape index (κ2) is 6.73. The van der Waals surface area contributed by atoms with Crippen molar-refractivity contribution in [2.75, 3.05) is 6.54 Å². The molecule has 0 saturated carbocycles. The lowest BCUT2D eigenvalue weighted by Crippen LogP contribution is -2.29. The number of hydrogen-bond acceptors (Lipinski definition) is 3. The third-order valence-electron chi connectivity index (χ3n) is 2.39. The summed E-state index contributed by atoms with van der Waals surface area (Å²) in [6, 6.07) is 1.82. The summed E-state index contributed by atoms with van der Waals surface area (Å²) in [6.45, 7) is 2.20. The number of nitrogens with one attached hydrogen (secondary N) is 1. The number of carbonyl (C=O) groups is 2. The molecule has 1 aromatic rings. The van der Waals surface area contributed by atoms with Crippen LogP contribution in [-0.4, -0.2) is 23.5 Å². The fraction of sp³-hybridized carbons (Fsp3) is 0.500. The van der Waals surface area contributed by atoms with Gasteiger partial charge in [0, 0.05) is 19.4 Å². The van der Waals surface area contributed by atoms with Crippen LogP contribution in [0.1, 0.15) is 25.3 Å². The molecule has 0 aliphatic carbocycles. The first-order chi connectivity index (χ1) is 8.08. The first-order valence-electron chi connectivity index (χ1n) is 5.57. The third-order valence-corrected chi connectivity index (χ3v) is 2.39. The summed E-state index contributed by atoms with van der Waals surface area (Å²) in [6.07, 6.45) is 4.28. The standard InChI is InChI=1S/C12H17NO4/c1-9(6-12(15)16)7-13-11(14)3-2-10-4-5-17-8-10/h4-5,8-9H,2-3,6-7H2,1H3,(H,13,14)(H,15,16). The Morgan fingerprint density at radius 2 is 2.29 bits per heavy atom. The zero-order valence-corrected chi connectivity index (χ0v) is 9.81. The molecular weight excluding hydrogens is 222 g/mol. The average Bonchev–Trinajstić information content (AvgIpc) is 2.75. The molecule has 1 aromatic heterocycles. The number of amides is 1. The Labute approximate surface area is 99.8 Å². The number of hydrogen-bond donors (Lipinski definition) is 2. The van der Waals surface area contributed by atoms with Crippen molar-refractivity contribution < 1.29 is 19.1 Å². The summed E-state index contributed by atoms with van der Waals surface area (Å²) in [5.41, 5.74) is 0.985. The second-order valence-corrected chi connectivity index (χ2v) is 4.14. The van der Waals surface area contributed by atoms with Gasteiger partial charge in [0.05, 0.1) is 12.5 Å². The molecule has 0 aromatic carbocycles. The molecule has 0 radical (unpaired) electrons. The molecule has 1 atom stereocenters. The summed E-state index contributed by atoms with van der Waals surface area (Å²) in [4.78, 5) is 21.9. The van der Waals surface area contributed by atoms with Crippen LogP contribution in [0.25, 0.3) is 0 Å². The van der Waals surface area contributed by atoms with Gasteiger partial charge in [-0.05, 0) is 24.0 Å². The van der Waals surface area contributed by atoms with Crippen LogP contribution in [0, 0.1) is 5.92 Å². The highest BCUT2D eigenvalue weighted by Crippen LogP contribution is 2.04. The Morgan fingerprint density at radius 3 is 2.88 bits per heavy atom. The minimum atomic E-state index is -0.842. The van der Waals surface area contributed by atoms with Crippen LogP contribution in [0.4, 0.5) is 0 Å². The van der Waals surface area contributed by atoms with E-state index in [1.807, 2.05) is 6.07 Å². The lowest BCUT2D eigenvalue weighted by molar-refractivity contribution is -0.138. The van der Waals surface area contributed by atoms with Gasteiger partial charge in [0.2, 0.25) is 5.91 Å². The van der Waals surface area contributed by atoms with E-state index >= 15 is 0 Å². The Bertz CT molecular complexity index is 359. The van der Waals surface area contributed by atoms with Crippen molar-refractivity contribution in [2.45, 2.75) is 26.2 Å². The highest BCUT2D eigenvalue weighted by molar-refractivity contribution is 5.76. The molecule has 5 heteroatoms. The van der Waals surface area contributed by atoms with E-state index in [2.05, 4.69) is 5.32 Å². The summed E-state index contributed by atoms with van der Waals surface area (Å²) < 4.78 is 4.89. The topological polar surface area (TPSA) is 79.5 Å². The van der Waals surface area contributed by atoms with Gasteiger partial charge in [0.1, 0.15) is 0 Å². The summed E-state index contributed by atoms with van der Waals surface area (Å²) in [7, 11) is 0. The van der Waals surface area contributed by atoms with Crippen LogP contribution in [0.5, 0.6) is 0 Å². The van der Waals surface area contributed by atoms with Crippen molar-refractivity contribution in [1.29, 1.82) is 0 Å². The fourth-order valence-corrected chi connectivity index (χ4v) is 1.44. The van der Waals surface area contributed by atoms with Gasteiger partial charge in [-0.15, -0.1) is 0 Å². The molecule has 0 fully saturated rings. The molecule has 1 heterocycles. The van der Waals surface area contributed by atoms with E-state index in [9.17, 15) is 9.59 Å². The summed E-state index contributed by atoms with van der Waals surface area (Å²) >= 11 is 0. The molecule has 5 nitrogen and oxygen atoms in total. The van der Waals surface area contributed by atoms with Gasteiger partial charge in [-0.1, -0.05) is 6.92 Å². The first kappa shape index (κ1) is 13.3. The molecule has 1 amide bonds. The van der Waals surface area contributed by atoms with Gasteiger partial charge in [0.25, 0.3) is 0 Å². The largest absolute Gasteiger partial charge is 0.481 e. The first-order valence-corrected chi connectivity index (χ1v) is 5.57. The van der Waals surface area contributed by atoms with E-state index in [0.717, 1.165) is 5.56 Å². The van der Waals surface area contributed by atoms with Crippen LogP contribution in [0.15, 0.2) is 23.0 Å². The van der Waals surface area contributed by atoms with E-state index in [4.69, 9.17) is 9.52 Å². The van der Waals surface area contributed by atoms with Crippen molar-refractivity contribution >= 4 is 11.9 Å². The molecule has 17 heavy (non-hydrogen) atoms. The minimum Gasteiger partial charge on any atom is -0.481 e. The molecule has 0 bridgehead atoms. The number of carbonyl (C=O) groups excluding carboxylic acids is 1. The maximum Gasteiger partial charge on any atom is 0.303 e. The maximum absolute atomic E-state index is 11.4. The fourth-order valence-electron chi connectivity index (χ4n) is 1.44. The minimum absolute atomic E-state index is 0.0506. The van der Waals surface area contributed by atoms with E-state index in [1.54, 1.807) is 19.5 Å². The molecule has 0 saturated heterocycles. The number of furan rings is 1. The predicted molar refractivity (Wildman–Crippen MR) is 61.5 cm³/mol. The molecule has 0 aliphatic rings. The molecular formula is C12H17NO4. The van der Waals surface area contributed by atoms with E-state index in [0.29, 0.717) is 19.4 Å². The maximum atomic E-state index is 11.4. The quantitative estimate of drug-likeness (QED) is 0.754. The highest BCUT2D eigenvalue weighted by atomic mass is 16.4. The van der Waals surface area contributed by atoms with Gasteiger partial charge in [-0.25, -0.2) is 0 Å². The van der Waals surface area contributed by atoms with Gasteiger partial charge in [-0.2, -0.15) is 0 Å².